The lowest BCUT2D eigenvalue weighted by Gasteiger charge is -2.19. The third kappa shape index (κ3) is 4.02. The second-order valence-corrected chi connectivity index (χ2v) is 9.96. The van der Waals surface area contributed by atoms with Gasteiger partial charge in [0.05, 0.1) is 22.6 Å². The zero-order chi connectivity index (χ0) is 22.2. The Bertz CT molecular complexity index is 1280. The molecule has 6 rings (SSSR count). The van der Waals surface area contributed by atoms with Crippen LogP contribution >= 0.6 is 23.1 Å². The van der Waals surface area contributed by atoms with Crippen molar-refractivity contribution in [1.29, 1.82) is 0 Å². The number of carbonyl (C=O) groups is 1. The molecule has 1 fully saturated rings. The summed E-state index contributed by atoms with van der Waals surface area (Å²) in [6, 6.07) is 17.6. The minimum absolute atomic E-state index is 0.0801. The SMILES string of the molecule is O=C(CSc1nnc(C2CC2)n1-c1ccccc1)N1N=C(c2cccs2)C[C@H]1c1ccco1. The molecule has 0 saturated heterocycles. The van der Waals surface area contributed by atoms with Gasteiger partial charge in [0.15, 0.2) is 5.16 Å². The number of hydrazone groups is 1. The fourth-order valence-corrected chi connectivity index (χ4v) is 5.56. The van der Waals surface area contributed by atoms with Crippen LogP contribution in [0.1, 0.15) is 47.7 Å². The van der Waals surface area contributed by atoms with E-state index in [1.165, 1.54) is 11.8 Å². The van der Waals surface area contributed by atoms with Crippen molar-refractivity contribution >= 4 is 34.7 Å². The highest BCUT2D eigenvalue weighted by molar-refractivity contribution is 7.99. The number of benzene rings is 1. The van der Waals surface area contributed by atoms with Crippen molar-refractivity contribution in [2.75, 3.05) is 5.75 Å². The maximum atomic E-state index is 13.3. The largest absolute Gasteiger partial charge is 0.467 e. The Labute approximate surface area is 199 Å². The van der Waals surface area contributed by atoms with Crippen LogP contribution in [0.4, 0.5) is 0 Å². The van der Waals surface area contributed by atoms with Crippen LogP contribution in [0.15, 0.2) is 80.9 Å². The summed E-state index contributed by atoms with van der Waals surface area (Å²) in [7, 11) is 0. The zero-order valence-corrected chi connectivity index (χ0v) is 19.3. The molecule has 4 heterocycles. The highest BCUT2D eigenvalue weighted by atomic mass is 32.2. The molecule has 1 aromatic carbocycles. The number of aromatic nitrogens is 3. The molecule has 33 heavy (non-hydrogen) atoms. The second-order valence-electron chi connectivity index (χ2n) is 8.07. The van der Waals surface area contributed by atoms with Gasteiger partial charge in [-0.05, 0) is 48.6 Å². The van der Waals surface area contributed by atoms with E-state index in [9.17, 15) is 4.79 Å². The van der Waals surface area contributed by atoms with Crippen molar-refractivity contribution in [1.82, 2.24) is 19.8 Å². The van der Waals surface area contributed by atoms with Gasteiger partial charge < -0.3 is 4.42 Å². The van der Waals surface area contributed by atoms with Crippen LogP contribution in [-0.2, 0) is 4.79 Å². The summed E-state index contributed by atoms with van der Waals surface area (Å²) in [6.07, 6.45) is 4.54. The van der Waals surface area contributed by atoms with E-state index in [4.69, 9.17) is 9.52 Å². The molecule has 0 bridgehead atoms. The van der Waals surface area contributed by atoms with E-state index in [1.807, 2.05) is 60.0 Å². The standard InChI is InChI=1S/C24H21N5O2S2/c30-22(29-19(20-8-4-12-31-20)14-18(27-29)21-9-5-13-32-21)15-33-24-26-25-23(16-10-11-16)28(24)17-6-2-1-3-7-17/h1-9,12-13,16,19H,10-11,14-15H2/t19-/m0/s1. The van der Waals surface area contributed by atoms with Gasteiger partial charge in [-0.25, -0.2) is 5.01 Å². The Morgan fingerprint density at radius 3 is 2.70 bits per heavy atom. The van der Waals surface area contributed by atoms with Crippen molar-refractivity contribution in [3.63, 3.8) is 0 Å². The third-order valence-corrected chi connectivity index (χ3v) is 7.62. The summed E-state index contributed by atoms with van der Waals surface area (Å²) in [5.41, 5.74) is 1.93. The number of rotatable bonds is 7. The molecular formula is C24H21N5O2S2. The molecule has 1 atom stereocenters. The van der Waals surface area contributed by atoms with Crippen LogP contribution < -0.4 is 0 Å². The van der Waals surface area contributed by atoms with E-state index in [0.29, 0.717) is 12.3 Å². The van der Waals surface area contributed by atoms with E-state index in [0.717, 1.165) is 45.9 Å². The Morgan fingerprint density at radius 2 is 1.97 bits per heavy atom. The fraction of sp³-hybridized carbons (Fsp3) is 0.250. The van der Waals surface area contributed by atoms with Crippen LogP contribution in [0.5, 0.6) is 0 Å². The predicted octanol–water partition coefficient (Wildman–Crippen LogP) is 5.27. The predicted molar refractivity (Wildman–Crippen MR) is 128 cm³/mol. The maximum Gasteiger partial charge on any atom is 0.253 e. The summed E-state index contributed by atoms with van der Waals surface area (Å²) < 4.78 is 7.73. The summed E-state index contributed by atoms with van der Waals surface area (Å²) in [5.74, 6) is 2.30. The molecule has 1 amide bonds. The molecule has 0 N–H and O–H groups in total. The molecule has 4 aromatic rings. The van der Waals surface area contributed by atoms with Crippen molar-refractivity contribution in [2.45, 2.75) is 36.4 Å². The first-order valence-electron chi connectivity index (χ1n) is 10.9. The Balaban J connectivity index is 1.25. The van der Waals surface area contributed by atoms with Crippen LogP contribution in [0.25, 0.3) is 5.69 Å². The smallest absolute Gasteiger partial charge is 0.253 e. The van der Waals surface area contributed by atoms with Crippen molar-refractivity contribution in [3.8, 4) is 5.69 Å². The lowest BCUT2D eigenvalue weighted by atomic mass is 10.1. The third-order valence-electron chi connectivity index (χ3n) is 5.78. The number of thioether (sulfide) groups is 1. The van der Waals surface area contributed by atoms with Gasteiger partial charge in [-0.1, -0.05) is 36.0 Å². The van der Waals surface area contributed by atoms with Gasteiger partial charge in [0.25, 0.3) is 5.91 Å². The molecule has 166 valence electrons. The molecular weight excluding hydrogens is 454 g/mol. The number of amides is 1. The molecule has 0 radical (unpaired) electrons. The molecule has 3 aromatic heterocycles. The first kappa shape index (κ1) is 20.4. The quantitative estimate of drug-likeness (QED) is 0.340. The summed E-state index contributed by atoms with van der Waals surface area (Å²) in [5, 5.41) is 17.9. The van der Waals surface area contributed by atoms with Crippen molar-refractivity contribution < 1.29 is 9.21 Å². The molecule has 0 spiro atoms. The highest BCUT2D eigenvalue weighted by Crippen LogP contribution is 2.41. The lowest BCUT2D eigenvalue weighted by molar-refractivity contribution is -0.130. The number of carbonyl (C=O) groups excluding carboxylic acids is 1. The van der Waals surface area contributed by atoms with Gasteiger partial charge in [-0.2, -0.15) is 5.10 Å². The minimum atomic E-state index is -0.237. The number of nitrogens with zero attached hydrogens (tertiary/aromatic N) is 5. The topological polar surface area (TPSA) is 76.5 Å². The average Bonchev–Trinajstić information content (AvgIpc) is 3.34. The molecule has 0 unspecified atom stereocenters. The summed E-state index contributed by atoms with van der Waals surface area (Å²) >= 11 is 3.03. The number of hydrogen-bond donors (Lipinski definition) is 0. The van der Waals surface area contributed by atoms with E-state index in [-0.39, 0.29) is 17.7 Å². The van der Waals surface area contributed by atoms with Crippen LogP contribution in [0.3, 0.4) is 0 Å². The molecule has 9 heteroatoms. The van der Waals surface area contributed by atoms with Gasteiger partial charge in [0.1, 0.15) is 17.6 Å². The van der Waals surface area contributed by atoms with Gasteiger partial charge >= 0.3 is 0 Å². The van der Waals surface area contributed by atoms with Crippen molar-refractivity contribution in [2.24, 2.45) is 5.10 Å². The number of para-hydroxylation sites is 1. The Hall–Kier alpha value is -3.17. The van der Waals surface area contributed by atoms with E-state index < -0.39 is 0 Å². The lowest BCUT2D eigenvalue weighted by Crippen LogP contribution is -2.28. The van der Waals surface area contributed by atoms with E-state index >= 15 is 0 Å². The van der Waals surface area contributed by atoms with Gasteiger partial charge in [0, 0.05) is 18.0 Å². The fourth-order valence-electron chi connectivity index (χ4n) is 4.03. The average molecular weight is 476 g/mol. The van der Waals surface area contributed by atoms with E-state index in [1.54, 1.807) is 22.6 Å². The van der Waals surface area contributed by atoms with Gasteiger partial charge in [0.2, 0.25) is 0 Å². The van der Waals surface area contributed by atoms with Crippen LogP contribution in [0, 0.1) is 0 Å². The minimum Gasteiger partial charge on any atom is -0.467 e. The first-order chi connectivity index (χ1) is 16.3. The summed E-state index contributed by atoms with van der Waals surface area (Å²) in [6.45, 7) is 0. The molecule has 1 saturated carbocycles. The second kappa shape index (κ2) is 8.64. The van der Waals surface area contributed by atoms with Crippen LogP contribution in [0.2, 0.25) is 0 Å². The molecule has 7 nitrogen and oxygen atoms in total. The number of thiophene rings is 1. The molecule has 1 aliphatic heterocycles. The monoisotopic (exact) mass is 475 g/mol. The molecule has 2 aliphatic rings. The first-order valence-corrected chi connectivity index (χ1v) is 12.7. The molecule has 1 aliphatic carbocycles. The van der Waals surface area contributed by atoms with Crippen LogP contribution in [-0.4, -0.2) is 37.1 Å². The normalized spacial score (nSPS) is 18.0. The zero-order valence-electron chi connectivity index (χ0n) is 17.7. The number of hydrogen-bond acceptors (Lipinski definition) is 7. The van der Waals surface area contributed by atoms with Gasteiger partial charge in [-0.3, -0.25) is 9.36 Å². The number of furan rings is 1. The Morgan fingerprint density at radius 1 is 1.09 bits per heavy atom. The maximum absolute atomic E-state index is 13.3. The van der Waals surface area contributed by atoms with Gasteiger partial charge in [-0.15, -0.1) is 21.5 Å². The van der Waals surface area contributed by atoms with Crippen molar-refractivity contribution in [3.05, 3.63) is 82.7 Å². The Kier molecular flexibility index (Phi) is 5.35. The highest BCUT2D eigenvalue weighted by Gasteiger charge is 2.36. The van der Waals surface area contributed by atoms with E-state index in [2.05, 4.69) is 14.8 Å². The summed E-state index contributed by atoms with van der Waals surface area (Å²) in [4.78, 5) is 14.4.